The number of aliphatic hydroxyl groups excluding tert-OH is 1. The number of sulfone groups is 1. The monoisotopic (exact) mass is 305 g/mol. The van der Waals surface area contributed by atoms with Crippen molar-refractivity contribution >= 4 is 15.8 Å². The van der Waals surface area contributed by atoms with Gasteiger partial charge in [0.1, 0.15) is 0 Å². The Bertz CT molecular complexity index is 436. The Labute approximate surface area is 107 Å². The van der Waals surface area contributed by atoms with E-state index in [2.05, 4.69) is 0 Å². The quantitative estimate of drug-likeness (QED) is 0.710. The van der Waals surface area contributed by atoms with Crippen LogP contribution in [0.4, 0.5) is 13.2 Å². The van der Waals surface area contributed by atoms with Crippen molar-refractivity contribution in [2.75, 3.05) is 24.6 Å². The van der Waals surface area contributed by atoms with E-state index in [0.717, 1.165) is 4.90 Å². The van der Waals surface area contributed by atoms with Crippen molar-refractivity contribution in [2.24, 2.45) is 0 Å². The molecule has 1 aliphatic rings. The predicted molar refractivity (Wildman–Crippen MR) is 58.3 cm³/mol. The molecule has 2 N–H and O–H groups in total. The van der Waals surface area contributed by atoms with Gasteiger partial charge in [0.2, 0.25) is 0 Å². The van der Waals surface area contributed by atoms with Crippen LogP contribution in [0.2, 0.25) is 0 Å². The SMILES string of the molecule is O=C(O)CN(CC(O)C(F)(F)F)C1CCS(=O)(=O)C1. The van der Waals surface area contributed by atoms with Gasteiger partial charge in [-0.15, -0.1) is 0 Å². The summed E-state index contributed by atoms with van der Waals surface area (Å²) >= 11 is 0. The van der Waals surface area contributed by atoms with Crippen molar-refractivity contribution in [2.45, 2.75) is 24.7 Å². The highest BCUT2D eigenvalue weighted by atomic mass is 32.2. The van der Waals surface area contributed by atoms with Crippen LogP contribution in [0.1, 0.15) is 6.42 Å². The molecule has 0 aromatic rings. The molecule has 6 nitrogen and oxygen atoms in total. The van der Waals surface area contributed by atoms with E-state index in [0.29, 0.717) is 0 Å². The second-order valence-corrected chi connectivity index (χ2v) is 6.67. The Hall–Kier alpha value is -0.870. The first-order valence-electron chi connectivity index (χ1n) is 5.42. The minimum atomic E-state index is -4.87. The molecule has 0 aromatic carbocycles. The molecule has 0 aromatic heterocycles. The van der Waals surface area contributed by atoms with Gasteiger partial charge in [-0.2, -0.15) is 13.2 Å². The zero-order chi connectivity index (χ0) is 14.8. The van der Waals surface area contributed by atoms with Gasteiger partial charge in [-0.1, -0.05) is 0 Å². The topological polar surface area (TPSA) is 94.9 Å². The highest BCUT2D eigenvalue weighted by Gasteiger charge is 2.42. The van der Waals surface area contributed by atoms with Gasteiger partial charge in [0.15, 0.2) is 15.9 Å². The summed E-state index contributed by atoms with van der Waals surface area (Å²) < 4.78 is 59.2. The van der Waals surface area contributed by atoms with Crippen LogP contribution in [-0.4, -0.2) is 72.4 Å². The summed E-state index contributed by atoms with van der Waals surface area (Å²) in [5.74, 6) is -1.94. The summed E-state index contributed by atoms with van der Waals surface area (Å²) in [5, 5.41) is 17.6. The Balaban J connectivity index is 2.76. The average molecular weight is 305 g/mol. The maximum absolute atomic E-state index is 12.2. The minimum absolute atomic E-state index is 0.0696. The maximum Gasteiger partial charge on any atom is 0.415 e. The molecule has 1 saturated heterocycles. The van der Waals surface area contributed by atoms with Gasteiger partial charge in [0.25, 0.3) is 0 Å². The van der Waals surface area contributed by atoms with E-state index >= 15 is 0 Å². The summed E-state index contributed by atoms with van der Waals surface area (Å²) in [6.45, 7) is -1.69. The standard InChI is InChI=1S/C9H14F3NO5S/c10-9(11,12)7(14)3-13(4-8(15)16)6-1-2-19(17,18)5-6/h6-7,14H,1-5H2,(H,15,16). The summed E-state index contributed by atoms with van der Waals surface area (Å²) in [7, 11) is -3.35. The molecule has 1 rings (SSSR count). The fraction of sp³-hybridized carbons (Fsp3) is 0.889. The van der Waals surface area contributed by atoms with E-state index in [1.165, 1.54) is 0 Å². The number of halogens is 3. The van der Waals surface area contributed by atoms with E-state index in [4.69, 9.17) is 10.2 Å². The van der Waals surface area contributed by atoms with Gasteiger partial charge in [0, 0.05) is 12.6 Å². The van der Waals surface area contributed by atoms with E-state index in [1.807, 2.05) is 0 Å². The highest BCUT2D eigenvalue weighted by molar-refractivity contribution is 7.91. The molecule has 2 unspecified atom stereocenters. The van der Waals surface area contributed by atoms with Gasteiger partial charge < -0.3 is 10.2 Å². The average Bonchev–Trinajstić information content (AvgIpc) is 2.55. The van der Waals surface area contributed by atoms with Crippen LogP contribution in [0.15, 0.2) is 0 Å². The summed E-state index contributed by atoms with van der Waals surface area (Å²) in [6, 6.07) is -0.807. The van der Waals surface area contributed by atoms with Crippen molar-refractivity contribution < 1.29 is 36.6 Å². The summed E-state index contributed by atoms with van der Waals surface area (Å²) in [6.07, 6.45) is -7.50. The number of carboxylic acid groups (broad SMARTS) is 1. The number of aliphatic carboxylic acids is 1. The zero-order valence-corrected chi connectivity index (χ0v) is 10.6. The fourth-order valence-electron chi connectivity index (χ4n) is 1.91. The Morgan fingerprint density at radius 3 is 2.37 bits per heavy atom. The lowest BCUT2D eigenvalue weighted by molar-refractivity contribution is -0.209. The summed E-state index contributed by atoms with van der Waals surface area (Å²) in [4.78, 5) is 11.5. The molecule has 1 fully saturated rings. The van der Waals surface area contributed by atoms with E-state index in [-0.39, 0.29) is 17.9 Å². The van der Waals surface area contributed by atoms with Gasteiger partial charge in [-0.3, -0.25) is 9.69 Å². The van der Waals surface area contributed by atoms with Gasteiger partial charge in [-0.25, -0.2) is 8.42 Å². The third-order valence-corrected chi connectivity index (χ3v) is 4.60. The van der Waals surface area contributed by atoms with E-state index < -0.39 is 47.2 Å². The van der Waals surface area contributed by atoms with Gasteiger partial charge >= 0.3 is 12.1 Å². The zero-order valence-electron chi connectivity index (χ0n) is 9.80. The highest BCUT2D eigenvalue weighted by Crippen LogP contribution is 2.24. The minimum Gasteiger partial charge on any atom is -0.480 e. The second kappa shape index (κ2) is 5.63. The Morgan fingerprint density at radius 1 is 1.42 bits per heavy atom. The number of rotatable bonds is 5. The van der Waals surface area contributed by atoms with Crippen molar-refractivity contribution in [3.8, 4) is 0 Å². The maximum atomic E-state index is 12.2. The lowest BCUT2D eigenvalue weighted by Gasteiger charge is -2.29. The molecule has 112 valence electrons. The van der Waals surface area contributed by atoms with Crippen LogP contribution in [0.3, 0.4) is 0 Å². The van der Waals surface area contributed by atoms with Crippen LogP contribution in [0, 0.1) is 0 Å². The first kappa shape index (κ1) is 16.2. The first-order chi connectivity index (χ1) is 8.51. The Kier molecular flexibility index (Phi) is 4.80. The lowest BCUT2D eigenvalue weighted by atomic mass is 10.2. The van der Waals surface area contributed by atoms with Gasteiger partial charge in [0.05, 0.1) is 18.1 Å². The second-order valence-electron chi connectivity index (χ2n) is 4.44. The van der Waals surface area contributed by atoms with Gasteiger partial charge in [-0.05, 0) is 6.42 Å². The molecule has 0 radical (unpaired) electrons. The van der Waals surface area contributed by atoms with Crippen LogP contribution in [0.5, 0.6) is 0 Å². The van der Waals surface area contributed by atoms with Crippen LogP contribution in [-0.2, 0) is 14.6 Å². The van der Waals surface area contributed by atoms with E-state index in [9.17, 15) is 26.4 Å². The molecule has 0 saturated carbocycles. The Morgan fingerprint density at radius 2 is 2.00 bits per heavy atom. The molecule has 1 aliphatic heterocycles. The largest absolute Gasteiger partial charge is 0.480 e. The molecular weight excluding hydrogens is 291 g/mol. The number of carboxylic acids is 1. The third-order valence-electron chi connectivity index (χ3n) is 2.85. The number of carbonyl (C=O) groups is 1. The number of hydrogen-bond acceptors (Lipinski definition) is 5. The molecule has 1 heterocycles. The third kappa shape index (κ3) is 4.96. The molecule has 10 heteroatoms. The summed E-state index contributed by atoms with van der Waals surface area (Å²) in [5.41, 5.74) is 0. The van der Waals surface area contributed by atoms with Crippen molar-refractivity contribution in [1.29, 1.82) is 0 Å². The molecule has 0 aliphatic carbocycles. The number of alkyl halides is 3. The number of aliphatic hydroxyl groups is 1. The fourth-order valence-corrected chi connectivity index (χ4v) is 3.67. The van der Waals surface area contributed by atoms with Crippen molar-refractivity contribution in [3.63, 3.8) is 0 Å². The number of nitrogens with zero attached hydrogens (tertiary/aromatic N) is 1. The molecule has 0 amide bonds. The van der Waals surface area contributed by atoms with Crippen LogP contribution < -0.4 is 0 Å². The normalized spacial score (nSPS) is 24.6. The van der Waals surface area contributed by atoms with E-state index in [1.54, 1.807) is 0 Å². The predicted octanol–water partition coefficient (Wildman–Crippen LogP) is -0.517. The molecule has 0 bridgehead atoms. The lowest BCUT2D eigenvalue weighted by Crippen LogP contribution is -2.48. The molecule has 0 spiro atoms. The van der Waals surface area contributed by atoms with Crippen LogP contribution in [0.25, 0.3) is 0 Å². The molecular formula is C9H14F3NO5S. The van der Waals surface area contributed by atoms with Crippen molar-refractivity contribution in [3.05, 3.63) is 0 Å². The van der Waals surface area contributed by atoms with Crippen LogP contribution >= 0.6 is 0 Å². The first-order valence-corrected chi connectivity index (χ1v) is 7.24. The number of hydrogen-bond donors (Lipinski definition) is 2. The smallest absolute Gasteiger partial charge is 0.415 e. The van der Waals surface area contributed by atoms with Crippen molar-refractivity contribution in [1.82, 2.24) is 4.90 Å². The molecule has 2 atom stereocenters. The molecule has 19 heavy (non-hydrogen) atoms.